The van der Waals surface area contributed by atoms with Crippen LogP contribution in [-0.4, -0.2) is 10.5 Å². The van der Waals surface area contributed by atoms with Crippen molar-refractivity contribution >= 4 is 32.6 Å². The van der Waals surface area contributed by atoms with Crippen LogP contribution in [0.4, 0.5) is 18.9 Å². The highest BCUT2D eigenvalue weighted by molar-refractivity contribution is 9.10. The van der Waals surface area contributed by atoms with Gasteiger partial charge in [-0.05, 0) is 34.1 Å². The second-order valence-corrected chi connectivity index (χ2v) is 4.72. The molecule has 15 heavy (non-hydrogen) atoms. The molecular weight excluding hydrogens is 295 g/mol. The fraction of sp³-hybridized carbons (Fsp3) is 0.250. The van der Waals surface area contributed by atoms with Crippen LogP contribution in [0.25, 0.3) is 0 Å². The standard InChI is InChI=1S/C8H7BrF3NOS/c1-15(14)13-7-4-5(8(10,11)12)2-3-6(7)9/h2-4,13H,1H3. The van der Waals surface area contributed by atoms with E-state index in [1.54, 1.807) is 0 Å². The molecule has 1 unspecified atom stereocenters. The maximum absolute atomic E-state index is 12.3. The van der Waals surface area contributed by atoms with Crippen molar-refractivity contribution in [1.82, 2.24) is 0 Å². The molecule has 0 radical (unpaired) electrons. The first-order valence-electron chi connectivity index (χ1n) is 3.77. The summed E-state index contributed by atoms with van der Waals surface area (Å²) in [5.41, 5.74) is -0.621. The van der Waals surface area contributed by atoms with E-state index in [9.17, 15) is 17.4 Å². The lowest BCUT2D eigenvalue weighted by molar-refractivity contribution is -0.137. The molecule has 1 N–H and O–H groups in total. The maximum Gasteiger partial charge on any atom is 0.416 e. The Morgan fingerprint density at radius 3 is 2.47 bits per heavy atom. The summed E-state index contributed by atoms with van der Waals surface area (Å²) in [6.45, 7) is 0. The average molecular weight is 302 g/mol. The molecule has 1 aromatic carbocycles. The molecule has 0 saturated heterocycles. The highest BCUT2D eigenvalue weighted by Crippen LogP contribution is 2.33. The number of alkyl halides is 3. The van der Waals surface area contributed by atoms with Gasteiger partial charge in [0.1, 0.15) is 11.0 Å². The fourth-order valence-electron chi connectivity index (χ4n) is 0.935. The van der Waals surface area contributed by atoms with Crippen molar-refractivity contribution in [2.24, 2.45) is 0 Å². The van der Waals surface area contributed by atoms with Crippen LogP contribution >= 0.6 is 15.9 Å². The zero-order valence-corrected chi connectivity index (χ0v) is 9.96. The summed E-state index contributed by atoms with van der Waals surface area (Å²) in [4.78, 5) is 0. The Balaban J connectivity index is 3.11. The first-order chi connectivity index (χ1) is 6.80. The van der Waals surface area contributed by atoms with Crippen molar-refractivity contribution in [3.63, 3.8) is 0 Å². The third kappa shape index (κ3) is 3.49. The smallest absolute Gasteiger partial charge is 0.304 e. The third-order valence-corrected chi connectivity index (χ3v) is 2.75. The van der Waals surface area contributed by atoms with Gasteiger partial charge in [0.15, 0.2) is 0 Å². The largest absolute Gasteiger partial charge is 0.416 e. The predicted octanol–water partition coefficient (Wildman–Crippen LogP) is 3.17. The van der Waals surface area contributed by atoms with Crippen molar-refractivity contribution in [3.05, 3.63) is 28.2 Å². The Hall–Kier alpha value is -0.560. The zero-order valence-electron chi connectivity index (χ0n) is 7.56. The number of hydrogen-bond donors (Lipinski definition) is 1. The van der Waals surface area contributed by atoms with Gasteiger partial charge in [0.05, 0.1) is 11.3 Å². The molecule has 0 aliphatic heterocycles. The molecular formula is C8H7BrF3NOS. The number of nitrogens with one attached hydrogen (secondary N) is 1. The van der Waals surface area contributed by atoms with Crippen LogP contribution in [0.3, 0.4) is 0 Å². The number of halogens is 4. The normalized spacial score (nSPS) is 13.7. The van der Waals surface area contributed by atoms with Gasteiger partial charge < -0.3 is 4.72 Å². The van der Waals surface area contributed by atoms with Gasteiger partial charge in [0, 0.05) is 10.7 Å². The van der Waals surface area contributed by atoms with Crippen LogP contribution < -0.4 is 4.72 Å². The highest BCUT2D eigenvalue weighted by atomic mass is 79.9. The Morgan fingerprint density at radius 1 is 1.40 bits per heavy atom. The monoisotopic (exact) mass is 301 g/mol. The Bertz CT molecular complexity index is 394. The topological polar surface area (TPSA) is 29.1 Å². The van der Waals surface area contributed by atoms with Crippen molar-refractivity contribution < 1.29 is 17.4 Å². The van der Waals surface area contributed by atoms with E-state index in [2.05, 4.69) is 20.7 Å². The summed E-state index contributed by atoms with van der Waals surface area (Å²) in [7, 11) is -1.41. The van der Waals surface area contributed by atoms with E-state index in [0.717, 1.165) is 12.1 Å². The van der Waals surface area contributed by atoms with Crippen LogP contribution in [0.1, 0.15) is 5.56 Å². The Kier molecular flexibility index (Phi) is 3.77. The molecule has 0 aromatic heterocycles. The first-order valence-corrected chi connectivity index (χ1v) is 6.12. The van der Waals surface area contributed by atoms with E-state index in [1.807, 2.05) is 0 Å². The van der Waals surface area contributed by atoms with E-state index < -0.39 is 22.7 Å². The summed E-state index contributed by atoms with van der Waals surface area (Å²) in [6.07, 6.45) is -3.06. The SMILES string of the molecule is CS(=O)Nc1cc(C(F)(F)F)ccc1Br. The summed E-state index contributed by atoms with van der Waals surface area (Å²) in [6, 6.07) is 3.12. The van der Waals surface area contributed by atoms with Gasteiger partial charge in [-0.15, -0.1) is 0 Å². The zero-order chi connectivity index (χ0) is 11.6. The maximum atomic E-state index is 12.3. The second kappa shape index (κ2) is 4.52. The lowest BCUT2D eigenvalue weighted by Crippen LogP contribution is -2.07. The van der Waals surface area contributed by atoms with Crippen LogP contribution in [0.15, 0.2) is 22.7 Å². The van der Waals surface area contributed by atoms with E-state index in [0.29, 0.717) is 4.47 Å². The van der Waals surface area contributed by atoms with Crippen molar-refractivity contribution in [2.75, 3.05) is 11.0 Å². The predicted molar refractivity (Wildman–Crippen MR) is 56.8 cm³/mol. The Morgan fingerprint density at radius 2 is 2.00 bits per heavy atom. The van der Waals surface area contributed by atoms with Gasteiger partial charge in [-0.1, -0.05) is 0 Å². The van der Waals surface area contributed by atoms with E-state index >= 15 is 0 Å². The molecule has 0 amide bonds. The van der Waals surface area contributed by atoms with Crippen LogP contribution in [-0.2, 0) is 17.2 Å². The number of rotatable bonds is 2. The van der Waals surface area contributed by atoms with Gasteiger partial charge in [0.25, 0.3) is 0 Å². The van der Waals surface area contributed by atoms with Crippen molar-refractivity contribution in [2.45, 2.75) is 6.18 Å². The van der Waals surface area contributed by atoms with Gasteiger partial charge in [0.2, 0.25) is 0 Å². The molecule has 0 fully saturated rings. The summed E-state index contributed by atoms with van der Waals surface area (Å²) in [5, 5.41) is 0. The molecule has 1 rings (SSSR count). The van der Waals surface area contributed by atoms with Crippen LogP contribution in [0.2, 0.25) is 0 Å². The van der Waals surface area contributed by atoms with Crippen LogP contribution in [0, 0.1) is 0 Å². The summed E-state index contributed by atoms with van der Waals surface area (Å²) < 4.78 is 50.6. The fourth-order valence-corrected chi connectivity index (χ4v) is 1.89. The van der Waals surface area contributed by atoms with Gasteiger partial charge in [-0.2, -0.15) is 13.2 Å². The molecule has 0 bridgehead atoms. The van der Waals surface area contributed by atoms with E-state index in [4.69, 9.17) is 0 Å². The second-order valence-electron chi connectivity index (χ2n) is 2.75. The molecule has 1 aromatic rings. The number of benzene rings is 1. The van der Waals surface area contributed by atoms with Crippen LogP contribution in [0.5, 0.6) is 0 Å². The number of hydrogen-bond acceptors (Lipinski definition) is 1. The molecule has 84 valence electrons. The molecule has 2 nitrogen and oxygen atoms in total. The summed E-state index contributed by atoms with van der Waals surface area (Å²) in [5.74, 6) is 0. The molecule has 0 heterocycles. The molecule has 0 saturated carbocycles. The van der Waals surface area contributed by atoms with Crippen molar-refractivity contribution in [3.8, 4) is 0 Å². The van der Waals surface area contributed by atoms with Crippen molar-refractivity contribution in [1.29, 1.82) is 0 Å². The average Bonchev–Trinajstić information content (AvgIpc) is 2.06. The Labute approximate surface area is 95.6 Å². The molecule has 1 atom stereocenters. The minimum atomic E-state index is -4.40. The van der Waals surface area contributed by atoms with Gasteiger partial charge >= 0.3 is 6.18 Å². The lowest BCUT2D eigenvalue weighted by Gasteiger charge is -2.10. The number of anilines is 1. The lowest BCUT2D eigenvalue weighted by atomic mass is 10.2. The molecule has 0 aliphatic rings. The third-order valence-electron chi connectivity index (χ3n) is 1.55. The molecule has 0 spiro atoms. The van der Waals surface area contributed by atoms with E-state index in [1.165, 1.54) is 12.3 Å². The van der Waals surface area contributed by atoms with E-state index in [-0.39, 0.29) is 5.69 Å². The minimum Gasteiger partial charge on any atom is -0.304 e. The molecule has 0 aliphatic carbocycles. The van der Waals surface area contributed by atoms with Gasteiger partial charge in [-0.3, -0.25) is 0 Å². The summed E-state index contributed by atoms with van der Waals surface area (Å²) >= 11 is 3.06. The first kappa shape index (κ1) is 12.5. The van der Waals surface area contributed by atoms with Gasteiger partial charge in [-0.25, -0.2) is 4.21 Å². The molecule has 7 heteroatoms. The quantitative estimate of drug-likeness (QED) is 0.893. The minimum absolute atomic E-state index is 0.158. The highest BCUT2D eigenvalue weighted by Gasteiger charge is 2.30.